The van der Waals surface area contributed by atoms with Gasteiger partial charge in [0.25, 0.3) is 5.91 Å². The fourth-order valence-electron chi connectivity index (χ4n) is 2.71. The predicted octanol–water partition coefficient (Wildman–Crippen LogP) is 1.92. The normalized spacial score (nSPS) is 21.9. The fraction of sp³-hybridized carbons (Fsp3) is 0.562. The molecule has 1 aromatic carbocycles. The number of nitrogen functional groups attached to an aromatic ring is 1. The van der Waals surface area contributed by atoms with Gasteiger partial charge in [0.1, 0.15) is 0 Å². The Balaban J connectivity index is 0.00000242. The van der Waals surface area contributed by atoms with E-state index in [0.717, 1.165) is 26.1 Å². The number of carbonyl (C=O) groups is 1. The van der Waals surface area contributed by atoms with Gasteiger partial charge in [0.05, 0.1) is 12.2 Å². The van der Waals surface area contributed by atoms with Gasteiger partial charge in [0.2, 0.25) is 0 Å². The van der Waals surface area contributed by atoms with Crippen LogP contribution in [-0.4, -0.2) is 49.2 Å². The lowest BCUT2D eigenvalue weighted by Crippen LogP contribution is -2.46. The smallest absolute Gasteiger partial charge is 0.251 e. The van der Waals surface area contributed by atoms with Crippen LogP contribution in [0.2, 0.25) is 0 Å². The van der Waals surface area contributed by atoms with Gasteiger partial charge >= 0.3 is 0 Å². The molecule has 0 saturated carbocycles. The zero-order chi connectivity index (χ0) is 15.2. The van der Waals surface area contributed by atoms with Crippen LogP contribution in [-0.2, 0) is 4.74 Å². The van der Waals surface area contributed by atoms with Crippen LogP contribution in [0, 0.1) is 0 Å². The molecule has 124 valence electrons. The third-order valence-corrected chi connectivity index (χ3v) is 3.60. The molecule has 22 heavy (non-hydrogen) atoms. The summed E-state index contributed by atoms with van der Waals surface area (Å²) in [5, 5.41) is 2.94. The summed E-state index contributed by atoms with van der Waals surface area (Å²) in [6, 6.07) is 6.98. The fourth-order valence-corrected chi connectivity index (χ4v) is 2.71. The molecule has 0 radical (unpaired) electrons. The van der Waals surface area contributed by atoms with E-state index in [1.54, 1.807) is 24.3 Å². The maximum Gasteiger partial charge on any atom is 0.251 e. The molecule has 1 amide bonds. The molecule has 2 atom stereocenters. The summed E-state index contributed by atoms with van der Waals surface area (Å²) >= 11 is 0. The highest BCUT2D eigenvalue weighted by molar-refractivity contribution is 5.94. The third kappa shape index (κ3) is 5.83. The molecule has 1 aliphatic heterocycles. The highest BCUT2D eigenvalue weighted by Gasteiger charge is 2.21. The molecule has 0 spiro atoms. The van der Waals surface area contributed by atoms with Crippen LogP contribution in [0.15, 0.2) is 24.3 Å². The molecule has 1 aliphatic rings. The van der Waals surface area contributed by atoms with E-state index in [0.29, 0.717) is 17.8 Å². The highest BCUT2D eigenvalue weighted by atomic mass is 35.5. The van der Waals surface area contributed by atoms with Crippen molar-refractivity contribution in [3.63, 3.8) is 0 Å². The first kappa shape index (κ1) is 18.7. The number of nitrogens with one attached hydrogen (secondary N) is 1. The summed E-state index contributed by atoms with van der Waals surface area (Å²) in [5.41, 5.74) is 6.93. The summed E-state index contributed by atoms with van der Waals surface area (Å²) in [7, 11) is 0. The number of morpholine rings is 1. The molecule has 0 bridgehead atoms. The Kier molecular flexibility index (Phi) is 7.65. The minimum absolute atomic E-state index is 0. The van der Waals surface area contributed by atoms with Gasteiger partial charge in [-0.15, -0.1) is 12.4 Å². The molecule has 1 heterocycles. The number of carbonyl (C=O) groups excluding carboxylic acids is 1. The standard InChI is InChI=1S/C16H25N3O2.ClH/c1-12-10-19(11-13(2)21-12)9-3-8-18-16(20)14-4-6-15(17)7-5-14;/h4-7,12-13H,3,8-11,17H2,1-2H3,(H,18,20);1H. The van der Waals surface area contributed by atoms with Crippen LogP contribution in [0.5, 0.6) is 0 Å². The number of amides is 1. The topological polar surface area (TPSA) is 67.6 Å². The maximum atomic E-state index is 11.9. The Morgan fingerprint density at radius 1 is 1.27 bits per heavy atom. The van der Waals surface area contributed by atoms with Crippen LogP contribution in [0.4, 0.5) is 5.69 Å². The number of anilines is 1. The van der Waals surface area contributed by atoms with Crippen molar-refractivity contribution in [1.82, 2.24) is 10.2 Å². The number of ether oxygens (including phenoxy) is 1. The van der Waals surface area contributed by atoms with Crippen molar-refractivity contribution in [1.29, 1.82) is 0 Å². The van der Waals surface area contributed by atoms with Crippen molar-refractivity contribution < 1.29 is 9.53 Å². The lowest BCUT2D eigenvalue weighted by atomic mass is 10.2. The third-order valence-electron chi connectivity index (χ3n) is 3.60. The number of rotatable bonds is 5. The molecular formula is C16H26ClN3O2. The van der Waals surface area contributed by atoms with Crippen molar-refractivity contribution >= 4 is 24.0 Å². The summed E-state index contributed by atoms with van der Waals surface area (Å²) < 4.78 is 5.71. The van der Waals surface area contributed by atoms with Crippen molar-refractivity contribution in [2.24, 2.45) is 0 Å². The van der Waals surface area contributed by atoms with E-state index in [1.165, 1.54) is 0 Å². The molecule has 1 saturated heterocycles. The van der Waals surface area contributed by atoms with Gasteiger partial charge in [-0.05, 0) is 44.5 Å². The molecule has 2 unspecified atom stereocenters. The monoisotopic (exact) mass is 327 g/mol. The van der Waals surface area contributed by atoms with Gasteiger partial charge in [-0.3, -0.25) is 9.69 Å². The average Bonchev–Trinajstić information content (AvgIpc) is 2.43. The molecule has 0 aromatic heterocycles. The van der Waals surface area contributed by atoms with Gasteiger partial charge in [-0.1, -0.05) is 0 Å². The van der Waals surface area contributed by atoms with Crippen LogP contribution in [0.1, 0.15) is 30.6 Å². The van der Waals surface area contributed by atoms with Gasteiger partial charge < -0.3 is 15.8 Å². The predicted molar refractivity (Wildman–Crippen MR) is 91.5 cm³/mol. The zero-order valence-electron chi connectivity index (χ0n) is 13.2. The quantitative estimate of drug-likeness (QED) is 0.640. The molecule has 0 aliphatic carbocycles. The Morgan fingerprint density at radius 3 is 2.45 bits per heavy atom. The number of nitrogens with zero attached hydrogens (tertiary/aromatic N) is 1. The molecule has 2 rings (SSSR count). The molecule has 3 N–H and O–H groups in total. The first-order chi connectivity index (χ1) is 10.0. The van der Waals surface area contributed by atoms with E-state index in [2.05, 4.69) is 24.1 Å². The highest BCUT2D eigenvalue weighted by Crippen LogP contribution is 2.10. The van der Waals surface area contributed by atoms with Gasteiger partial charge in [-0.25, -0.2) is 0 Å². The average molecular weight is 328 g/mol. The lowest BCUT2D eigenvalue weighted by molar-refractivity contribution is -0.0679. The largest absolute Gasteiger partial charge is 0.399 e. The minimum Gasteiger partial charge on any atom is -0.399 e. The van der Waals surface area contributed by atoms with E-state index in [-0.39, 0.29) is 30.5 Å². The van der Waals surface area contributed by atoms with E-state index >= 15 is 0 Å². The van der Waals surface area contributed by atoms with Gasteiger partial charge in [0.15, 0.2) is 0 Å². The number of halogens is 1. The number of hydrogen-bond donors (Lipinski definition) is 2. The zero-order valence-corrected chi connectivity index (χ0v) is 14.1. The van der Waals surface area contributed by atoms with Crippen molar-refractivity contribution in [3.05, 3.63) is 29.8 Å². The Hall–Kier alpha value is -1.30. The second kappa shape index (κ2) is 8.98. The molecule has 5 nitrogen and oxygen atoms in total. The second-order valence-electron chi connectivity index (χ2n) is 5.75. The summed E-state index contributed by atoms with van der Waals surface area (Å²) in [5.74, 6) is -0.0429. The van der Waals surface area contributed by atoms with Gasteiger partial charge in [-0.2, -0.15) is 0 Å². The number of benzene rings is 1. The van der Waals surface area contributed by atoms with Crippen molar-refractivity contribution in [2.75, 3.05) is 31.9 Å². The second-order valence-corrected chi connectivity index (χ2v) is 5.75. The molecule has 1 aromatic rings. The van der Waals surface area contributed by atoms with Gasteiger partial charge in [0, 0.05) is 37.4 Å². The first-order valence-corrected chi connectivity index (χ1v) is 7.56. The Bertz CT molecular complexity index is 457. The maximum absolute atomic E-state index is 11.9. The van der Waals surface area contributed by atoms with E-state index in [9.17, 15) is 4.79 Å². The summed E-state index contributed by atoms with van der Waals surface area (Å²) in [6.45, 7) is 7.81. The molecular weight excluding hydrogens is 302 g/mol. The van der Waals surface area contributed by atoms with Crippen LogP contribution >= 0.6 is 12.4 Å². The van der Waals surface area contributed by atoms with E-state index in [1.807, 2.05) is 0 Å². The number of hydrogen-bond acceptors (Lipinski definition) is 4. The molecule has 6 heteroatoms. The lowest BCUT2D eigenvalue weighted by Gasteiger charge is -2.35. The van der Waals surface area contributed by atoms with Crippen molar-refractivity contribution in [2.45, 2.75) is 32.5 Å². The van der Waals surface area contributed by atoms with Crippen LogP contribution in [0.3, 0.4) is 0 Å². The summed E-state index contributed by atoms with van der Waals surface area (Å²) in [4.78, 5) is 14.3. The summed E-state index contributed by atoms with van der Waals surface area (Å²) in [6.07, 6.45) is 1.52. The number of nitrogens with two attached hydrogens (primary N) is 1. The Morgan fingerprint density at radius 2 is 1.86 bits per heavy atom. The van der Waals surface area contributed by atoms with Crippen LogP contribution in [0.25, 0.3) is 0 Å². The SMILES string of the molecule is CC1CN(CCCNC(=O)c2ccc(N)cc2)CC(C)O1.Cl. The molecule has 1 fully saturated rings. The first-order valence-electron chi connectivity index (χ1n) is 7.56. The minimum atomic E-state index is -0.0429. The van der Waals surface area contributed by atoms with E-state index in [4.69, 9.17) is 10.5 Å². The van der Waals surface area contributed by atoms with E-state index < -0.39 is 0 Å². The van der Waals surface area contributed by atoms with Crippen molar-refractivity contribution in [3.8, 4) is 0 Å². The van der Waals surface area contributed by atoms with Crippen LogP contribution < -0.4 is 11.1 Å². The Labute approximate surface area is 138 Å².